The van der Waals surface area contributed by atoms with E-state index >= 15 is 0 Å². The number of halogens is 1. The summed E-state index contributed by atoms with van der Waals surface area (Å²) in [5.74, 6) is -0.392. The lowest BCUT2D eigenvalue weighted by molar-refractivity contribution is -0.126. The van der Waals surface area contributed by atoms with Crippen LogP contribution in [0, 0.1) is 11.7 Å². The van der Waals surface area contributed by atoms with Gasteiger partial charge >= 0.3 is 6.03 Å². The third-order valence-electron chi connectivity index (χ3n) is 4.28. The van der Waals surface area contributed by atoms with Gasteiger partial charge in [-0.15, -0.1) is 11.3 Å². The van der Waals surface area contributed by atoms with E-state index in [0.29, 0.717) is 32.5 Å². The van der Waals surface area contributed by atoms with Crippen molar-refractivity contribution in [3.63, 3.8) is 0 Å². The van der Waals surface area contributed by atoms with Crippen LogP contribution in [0.3, 0.4) is 0 Å². The van der Waals surface area contributed by atoms with Crippen molar-refractivity contribution in [2.75, 3.05) is 18.4 Å². The first-order valence-corrected chi connectivity index (χ1v) is 9.11. The van der Waals surface area contributed by atoms with Gasteiger partial charge in [-0.2, -0.15) is 0 Å². The summed E-state index contributed by atoms with van der Waals surface area (Å²) in [6.45, 7) is 1.51. The van der Waals surface area contributed by atoms with Crippen LogP contribution in [0.25, 0.3) is 0 Å². The van der Waals surface area contributed by atoms with Gasteiger partial charge in [-0.3, -0.25) is 10.1 Å². The molecular formula is C18H20FN3O2S. The Balaban J connectivity index is 1.42. The minimum absolute atomic E-state index is 0.0114. The Morgan fingerprint density at radius 1 is 1.16 bits per heavy atom. The molecule has 1 aromatic carbocycles. The second kappa shape index (κ2) is 8.11. The van der Waals surface area contributed by atoms with Gasteiger partial charge in [0.2, 0.25) is 5.91 Å². The van der Waals surface area contributed by atoms with Gasteiger partial charge in [0.25, 0.3) is 0 Å². The van der Waals surface area contributed by atoms with Gasteiger partial charge in [0.15, 0.2) is 0 Å². The van der Waals surface area contributed by atoms with Crippen LogP contribution < -0.4 is 10.6 Å². The van der Waals surface area contributed by atoms with E-state index in [9.17, 15) is 14.0 Å². The van der Waals surface area contributed by atoms with Crippen molar-refractivity contribution >= 4 is 28.3 Å². The lowest BCUT2D eigenvalue weighted by Gasteiger charge is -2.31. The van der Waals surface area contributed by atoms with E-state index in [2.05, 4.69) is 10.6 Å². The number of thiophene rings is 1. The molecule has 5 nitrogen and oxygen atoms in total. The Kier molecular flexibility index (Phi) is 5.65. The summed E-state index contributed by atoms with van der Waals surface area (Å²) >= 11 is 1.48. The van der Waals surface area contributed by atoms with Crippen LogP contribution in [0.2, 0.25) is 0 Å². The molecule has 132 valence electrons. The fourth-order valence-electron chi connectivity index (χ4n) is 2.81. The van der Waals surface area contributed by atoms with Crippen LogP contribution in [0.4, 0.5) is 14.2 Å². The molecule has 0 saturated carbocycles. The normalized spacial score (nSPS) is 15.0. The molecule has 0 bridgehead atoms. The van der Waals surface area contributed by atoms with E-state index in [-0.39, 0.29) is 23.7 Å². The van der Waals surface area contributed by atoms with Crippen molar-refractivity contribution in [2.24, 2.45) is 5.92 Å². The maximum Gasteiger partial charge on any atom is 0.322 e. The largest absolute Gasteiger partial charge is 0.352 e. The van der Waals surface area contributed by atoms with Crippen LogP contribution in [0.1, 0.15) is 18.4 Å². The molecule has 0 aliphatic carbocycles. The number of rotatable bonds is 4. The van der Waals surface area contributed by atoms with Crippen LogP contribution >= 0.6 is 11.3 Å². The highest BCUT2D eigenvalue weighted by Gasteiger charge is 2.27. The summed E-state index contributed by atoms with van der Waals surface area (Å²) in [6.07, 6.45) is 1.29. The molecule has 0 unspecified atom stereocenters. The molecule has 0 spiro atoms. The second-order valence-corrected chi connectivity index (χ2v) is 6.96. The molecule has 1 aliphatic rings. The van der Waals surface area contributed by atoms with Gasteiger partial charge in [0.1, 0.15) is 5.82 Å². The molecule has 2 aromatic rings. The molecular weight excluding hydrogens is 341 g/mol. The highest BCUT2D eigenvalue weighted by molar-refractivity contribution is 7.14. The van der Waals surface area contributed by atoms with Gasteiger partial charge in [-0.1, -0.05) is 12.1 Å². The lowest BCUT2D eigenvalue weighted by Crippen LogP contribution is -2.44. The summed E-state index contributed by atoms with van der Waals surface area (Å²) in [7, 11) is 0. The maximum atomic E-state index is 12.9. The number of carbonyl (C=O) groups excluding carboxylic acids is 2. The van der Waals surface area contributed by atoms with Crippen LogP contribution in [0.5, 0.6) is 0 Å². The summed E-state index contributed by atoms with van der Waals surface area (Å²) in [4.78, 5) is 26.2. The smallest absolute Gasteiger partial charge is 0.322 e. The van der Waals surface area contributed by atoms with Crippen molar-refractivity contribution in [3.05, 3.63) is 53.2 Å². The zero-order chi connectivity index (χ0) is 17.6. The molecule has 1 aromatic heterocycles. The lowest BCUT2D eigenvalue weighted by atomic mass is 9.96. The Morgan fingerprint density at radius 2 is 1.88 bits per heavy atom. The second-order valence-electron chi connectivity index (χ2n) is 6.01. The maximum absolute atomic E-state index is 12.9. The topological polar surface area (TPSA) is 61.4 Å². The summed E-state index contributed by atoms with van der Waals surface area (Å²) in [5.41, 5.74) is 0.863. The van der Waals surface area contributed by atoms with Crippen LogP contribution in [-0.2, 0) is 11.3 Å². The standard InChI is InChI=1S/C18H20FN3O2S/c19-15-5-3-13(4-6-15)12-20-17(23)14-7-9-22(10-8-14)18(24)21-16-2-1-11-25-16/h1-6,11,14H,7-10,12H2,(H,20,23)(H,21,24). The Hall–Kier alpha value is -2.41. The fraction of sp³-hybridized carbons (Fsp3) is 0.333. The molecule has 25 heavy (non-hydrogen) atoms. The Labute approximate surface area is 149 Å². The van der Waals surface area contributed by atoms with Gasteiger partial charge in [0, 0.05) is 25.6 Å². The third kappa shape index (κ3) is 4.79. The number of likely N-dealkylation sites (tertiary alicyclic amines) is 1. The summed E-state index contributed by atoms with van der Waals surface area (Å²) < 4.78 is 12.9. The predicted molar refractivity (Wildman–Crippen MR) is 95.9 cm³/mol. The predicted octanol–water partition coefficient (Wildman–Crippen LogP) is 3.45. The average molecular weight is 361 g/mol. The number of hydrogen-bond acceptors (Lipinski definition) is 3. The van der Waals surface area contributed by atoms with Crippen molar-refractivity contribution in [1.82, 2.24) is 10.2 Å². The number of urea groups is 1. The van der Waals surface area contributed by atoms with Gasteiger partial charge in [0.05, 0.1) is 5.00 Å². The monoisotopic (exact) mass is 361 g/mol. The molecule has 2 N–H and O–H groups in total. The number of piperidine rings is 1. The molecule has 0 atom stereocenters. The van der Waals surface area contributed by atoms with E-state index < -0.39 is 0 Å². The van der Waals surface area contributed by atoms with E-state index in [1.807, 2.05) is 17.5 Å². The molecule has 0 radical (unpaired) electrons. The van der Waals surface area contributed by atoms with Crippen molar-refractivity contribution < 1.29 is 14.0 Å². The molecule has 3 rings (SSSR count). The Morgan fingerprint density at radius 3 is 2.52 bits per heavy atom. The first kappa shape index (κ1) is 17.4. The molecule has 1 aliphatic heterocycles. The average Bonchev–Trinajstić information content (AvgIpc) is 3.14. The van der Waals surface area contributed by atoms with Crippen molar-refractivity contribution in [3.8, 4) is 0 Å². The van der Waals surface area contributed by atoms with Crippen molar-refractivity contribution in [1.29, 1.82) is 0 Å². The quantitative estimate of drug-likeness (QED) is 0.876. The zero-order valence-corrected chi connectivity index (χ0v) is 14.5. The van der Waals surface area contributed by atoms with Crippen LogP contribution in [-0.4, -0.2) is 29.9 Å². The van der Waals surface area contributed by atoms with E-state index in [1.54, 1.807) is 17.0 Å². The van der Waals surface area contributed by atoms with Gasteiger partial charge < -0.3 is 10.2 Å². The van der Waals surface area contributed by atoms with Gasteiger partial charge in [-0.05, 0) is 48.1 Å². The highest BCUT2D eigenvalue weighted by Crippen LogP contribution is 2.20. The van der Waals surface area contributed by atoms with E-state index in [4.69, 9.17) is 0 Å². The fourth-order valence-corrected chi connectivity index (χ4v) is 3.42. The molecule has 1 saturated heterocycles. The number of nitrogens with zero attached hydrogens (tertiary/aromatic N) is 1. The number of anilines is 1. The number of benzene rings is 1. The zero-order valence-electron chi connectivity index (χ0n) is 13.7. The minimum Gasteiger partial charge on any atom is -0.352 e. The number of carbonyl (C=O) groups is 2. The molecule has 2 heterocycles. The van der Waals surface area contributed by atoms with Crippen LogP contribution in [0.15, 0.2) is 41.8 Å². The first-order chi connectivity index (χ1) is 12.1. The highest BCUT2D eigenvalue weighted by atomic mass is 32.1. The van der Waals surface area contributed by atoms with E-state index in [0.717, 1.165) is 10.6 Å². The van der Waals surface area contributed by atoms with E-state index in [1.165, 1.54) is 23.5 Å². The summed E-state index contributed by atoms with van der Waals surface area (Å²) in [6, 6.07) is 9.71. The number of hydrogen-bond donors (Lipinski definition) is 2. The van der Waals surface area contributed by atoms with Crippen molar-refractivity contribution in [2.45, 2.75) is 19.4 Å². The molecule has 7 heteroatoms. The number of nitrogens with one attached hydrogen (secondary N) is 2. The third-order valence-corrected chi connectivity index (χ3v) is 5.07. The minimum atomic E-state index is -0.289. The first-order valence-electron chi connectivity index (χ1n) is 8.23. The van der Waals surface area contributed by atoms with Gasteiger partial charge in [-0.25, -0.2) is 9.18 Å². The molecule has 1 fully saturated rings. The molecule has 3 amide bonds. The Bertz CT molecular complexity index is 710. The SMILES string of the molecule is O=C(NCc1ccc(F)cc1)C1CCN(C(=O)Nc2cccs2)CC1. The summed E-state index contributed by atoms with van der Waals surface area (Å²) in [5, 5.41) is 8.48. The number of amides is 3.